The smallest absolute Gasteiger partial charge is 0.0918 e. The summed E-state index contributed by atoms with van der Waals surface area (Å²) >= 11 is 0. The molecule has 5 heteroatoms. The molecule has 240 valence electrons. The first-order valence-corrected chi connectivity index (χ1v) is 18.3. The van der Waals surface area contributed by atoms with Crippen LogP contribution in [0.15, 0.2) is 23.8 Å². The SMILES string of the molecule is C[C@]12C=CC(N)CC1CC(O)[C@@H]1[C@H]2CC[C@@]2(C)[C@H]1CCC2(O)C1=CC(N)CC2CC[C@@H]3[C@@H](CC[C@]4(C)C(O)CC[C@@H]34)[C@@]12C. The maximum Gasteiger partial charge on any atom is 0.0918 e. The standard InChI is InChI=1S/C38H60N2O3/c1-34-13-9-23(39)18-22(34)19-30(41)33-28(34)11-15-36(3)29(33)12-16-38(36,43)31-20-24(40)17-21-5-6-25-26-7-8-32(42)35(26,2)14-10-27(25)37(21,31)4/h9,13,20-30,32-33,41-43H,5-8,10-12,14-19,39-40H2,1-4H3/t21?,22?,23?,24?,25-,26-,27+,28+,29-,30?,32?,33+,34-,35-,36-,37-,38?/m0/s1. The normalized spacial score (nSPS) is 62.3. The lowest BCUT2D eigenvalue weighted by Crippen LogP contribution is -2.63. The minimum Gasteiger partial charge on any atom is -0.393 e. The minimum atomic E-state index is -0.881. The van der Waals surface area contributed by atoms with Gasteiger partial charge in [0.05, 0.1) is 17.8 Å². The van der Waals surface area contributed by atoms with Gasteiger partial charge in [-0.25, -0.2) is 0 Å². The van der Waals surface area contributed by atoms with Gasteiger partial charge >= 0.3 is 0 Å². The highest BCUT2D eigenvalue weighted by Crippen LogP contribution is 2.73. The number of hydrogen-bond acceptors (Lipinski definition) is 5. The largest absolute Gasteiger partial charge is 0.393 e. The zero-order valence-corrected chi connectivity index (χ0v) is 27.3. The van der Waals surface area contributed by atoms with Gasteiger partial charge < -0.3 is 26.8 Å². The summed E-state index contributed by atoms with van der Waals surface area (Å²) < 4.78 is 0. The molecule has 8 aliphatic rings. The van der Waals surface area contributed by atoms with Gasteiger partial charge in [0, 0.05) is 17.5 Å². The summed E-state index contributed by atoms with van der Waals surface area (Å²) in [6.45, 7) is 9.76. The molecule has 0 aromatic rings. The van der Waals surface area contributed by atoms with Gasteiger partial charge in [-0.3, -0.25) is 0 Å². The van der Waals surface area contributed by atoms with Crippen LogP contribution in [0.25, 0.3) is 0 Å². The average Bonchev–Trinajstić information content (AvgIpc) is 3.42. The van der Waals surface area contributed by atoms with E-state index in [2.05, 4.69) is 45.9 Å². The van der Waals surface area contributed by atoms with Crippen LogP contribution >= 0.6 is 0 Å². The predicted molar refractivity (Wildman–Crippen MR) is 171 cm³/mol. The van der Waals surface area contributed by atoms with E-state index < -0.39 is 5.60 Å². The van der Waals surface area contributed by atoms with Crippen LogP contribution in [-0.2, 0) is 0 Å². The molecule has 0 aliphatic heterocycles. The summed E-state index contributed by atoms with van der Waals surface area (Å²) in [7, 11) is 0. The average molecular weight is 593 g/mol. The number of fused-ring (bicyclic) bond motifs is 10. The van der Waals surface area contributed by atoms with Gasteiger partial charge in [0.25, 0.3) is 0 Å². The maximum atomic E-state index is 13.4. The van der Waals surface area contributed by atoms with Crippen LogP contribution < -0.4 is 11.5 Å². The molecule has 8 aliphatic carbocycles. The van der Waals surface area contributed by atoms with E-state index in [0.29, 0.717) is 41.4 Å². The molecular weight excluding hydrogens is 532 g/mol. The Morgan fingerprint density at radius 1 is 0.721 bits per heavy atom. The van der Waals surface area contributed by atoms with E-state index in [4.69, 9.17) is 11.5 Å². The van der Waals surface area contributed by atoms with Crippen molar-refractivity contribution in [3.8, 4) is 0 Å². The molecule has 0 heterocycles. The summed E-state index contributed by atoms with van der Waals surface area (Å²) in [4.78, 5) is 0. The highest BCUT2D eigenvalue weighted by atomic mass is 16.3. The first kappa shape index (κ1) is 29.7. The van der Waals surface area contributed by atoms with Crippen molar-refractivity contribution in [1.82, 2.24) is 0 Å². The molecule has 5 nitrogen and oxygen atoms in total. The summed E-state index contributed by atoms with van der Waals surface area (Å²) in [5.74, 6) is 3.71. The van der Waals surface area contributed by atoms with Crippen LogP contribution in [0.5, 0.6) is 0 Å². The Morgan fingerprint density at radius 3 is 2.23 bits per heavy atom. The van der Waals surface area contributed by atoms with Gasteiger partial charge in [0.2, 0.25) is 0 Å². The molecule has 0 amide bonds. The minimum absolute atomic E-state index is 0.00585. The van der Waals surface area contributed by atoms with Crippen LogP contribution in [0.1, 0.15) is 111 Å². The van der Waals surface area contributed by atoms with Gasteiger partial charge in [0.1, 0.15) is 0 Å². The van der Waals surface area contributed by atoms with E-state index >= 15 is 0 Å². The fraction of sp³-hybridized carbons (Fsp3) is 0.895. The molecule has 8 rings (SSSR count). The Kier molecular flexibility index (Phi) is 6.51. The molecule has 0 aromatic carbocycles. The Bertz CT molecular complexity index is 1220. The van der Waals surface area contributed by atoms with Crippen LogP contribution in [0.2, 0.25) is 0 Å². The van der Waals surface area contributed by atoms with E-state index in [1.165, 1.54) is 18.4 Å². The van der Waals surface area contributed by atoms with Crippen molar-refractivity contribution in [2.24, 2.45) is 80.5 Å². The summed E-state index contributed by atoms with van der Waals surface area (Å²) in [6, 6.07) is 0.110. The van der Waals surface area contributed by atoms with E-state index in [1.807, 2.05) is 0 Å². The van der Waals surface area contributed by atoms with Gasteiger partial charge in [-0.15, -0.1) is 0 Å². The fourth-order valence-corrected chi connectivity index (χ4v) is 14.8. The van der Waals surface area contributed by atoms with E-state index in [0.717, 1.165) is 70.6 Å². The van der Waals surface area contributed by atoms with Crippen molar-refractivity contribution in [2.75, 3.05) is 0 Å². The van der Waals surface area contributed by atoms with Crippen molar-refractivity contribution >= 4 is 0 Å². The number of aliphatic hydroxyl groups is 3. The van der Waals surface area contributed by atoms with Crippen molar-refractivity contribution in [3.05, 3.63) is 23.8 Å². The number of aliphatic hydroxyl groups excluding tert-OH is 2. The zero-order valence-electron chi connectivity index (χ0n) is 27.3. The molecule has 0 radical (unpaired) electrons. The third-order valence-electron chi connectivity index (χ3n) is 17.2. The number of hydrogen-bond donors (Lipinski definition) is 5. The topological polar surface area (TPSA) is 113 Å². The van der Waals surface area contributed by atoms with Gasteiger partial charge in [0.15, 0.2) is 0 Å². The Balaban J connectivity index is 1.17. The quantitative estimate of drug-likeness (QED) is 0.250. The zero-order chi connectivity index (χ0) is 30.3. The summed E-state index contributed by atoms with van der Waals surface area (Å²) in [5.41, 5.74) is 13.5. The van der Waals surface area contributed by atoms with Crippen molar-refractivity contribution in [3.63, 3.8) is 0 Å². The van der Waals surface area contributed by atoms with E-state index in [-0.39, 0.29) is 51.9 Å². The fourth-order valence-electron chi connectivity index (χ4n) is 14.8. The first-order valence-electron chi connectivity index (χ1n) is 18.3. The molecule has 0 bridgehead atoms. The van der Waals surface area contributed by atoms with E-state index in [1.54, 1.807) is 0 Å². The third-order valence-corrected chi connectivity index (χ3v) is 17.2. The molecule has 43 heavy (non-hydrogen) atoms. The van der Waals surface area contributed by atoms with Crippen LogP contribution in [0.3, 0.4) is 0 Å². The summed E-state index contributed by atoms with van der Waals surface area (Å²) in [5, 5.41) is 36.3. The molecule has 0 spiro atoms. The number of allylic oxidation sites excluding steroid dienone is 1. The Labute approximate surface area is 260 Å². The van der Waals surface area contributed by atoms with Gasteiger partial charge in [-0.1, -0.05) is 45.9 Å². The predicted octanol–water partition coefficient (Wildman–Crippen LogP) is 5.71. The van der Waals surface area contributed by atoms with E-state index in [9.17, 15) is 15.3 Å². The lowest BCUT2D eigenvalue weighted by molar-refractivity contribution is -0.172. The van der Waals surface area contributed by atoms with Crippen molar-refractivity contribution in [1.29, 1.82) is 0 Å². The molecule has 0 saturated heterocycles. The molecule has 6 fully saturated rings. The molecule has 0 aromatic heterocycles. The molecule has 6 saturated carbocycles. The number of nitrogens with two attached hydrogens (primary N) is 2. The van der Waals surface area contributed by atoms with Crippen LogP contribution in [0.4, 0.5) is 0 Å². The highest BCUT2D eigenvalue weighted by Gasteiger charge is 2.70. The van der Waals surface area contributed by atoms with Crippen LogP contribution in [-0.4, -0.2) is 45.2 Å². The monoisotopic (exact) mass is 592 g/mol. The second kappa shape index (κ2) is 9.43. The lowest BCUT2D eigenvalue weighted by atomic mass is 9.40. The summed E-state index contributed by atoms with van der Waals surface area (Å²) in [6.07, 6.45) is 20.1. The van der Waals surface area contributed by atoms with Gasteiger partial charge in [-0.05, 0) is 153 Å². The Hall–Kier alpha value is -0.720. The van der Waals surface area contributed by atoms with Crippen molar-refractivity contribution in [2.45, 2.75) is 141 Å². The number of rotatable bonds is 1. The molecule has 17 atom stereocenters. The van der Waals surface area contributed by atoms with Crippen molar-refractivity contribution < 1.29 is 15.3 Å². The third kappa shape index (κ3) is 3.64. The Morgan fingerprint density at radius 2 is 1.44 bits per heavy atom. The molecular formula is C38H60N2O3. The van der Waals surface area contributed by atoms with Crippen LogP contribution in [0, 0.1) is 69.0 Å². The maximum absolute atomic E-state index is 13.4. The second-order valence-electron chi connectivity index (χ2n) is 18.3. The van der Waals surface area contributed by atoms with Gasteiger partial charge in [-0.2, -0.15) is 0 Å². The second-order valence-corrected chi connectivity index (χ2v) is 18.3. The highest BCUT2D eigenvalue weighted by molar-refractivity contribution is 5.38. The molecule has 7 N–H and O–H groups in total. The first-order chi connectivity index (χ1) is 20.3. The molecule has 7 unspecified atom stereocenters. The lowest BCUT2D eigenvalue weighted by Gasteiger charge is -2.65.